The van der Waals surface area contributed by atoms with Crippen molar-refractivity contribution in [2.75, 3.05) is 37.7 Å². The first-order chi connectivity index (χ1) is 12.1. The standard InChI is InChI=1S/C17H24N4O4/c22-14(13-25-15(23)17(24)5-2-1-3-6-17)20-9-11-21(12-10-20)16-18-7-4-8-19-16/h4,7-8,24H,1-3,5-6,9-13H2. The van der Waals surface area contributed by atoms with Crippen molar-refractivity contribution in [3.8, 4) is 0 Å². The van der Waals surface area contributed by atoms with Crippen LogP contribution in [0.4, 0.5) is 5.95 Å². The SMILES string of the molecule is O=C(COC(=O)C1(O)CCCCC1)N1CCN(c2ncccn2)CC1. The zero-order valence-electron chi connectivity index (χ0n) is 14.3. The van der Waals surface area contributed by atoms with Crippen molar-refractivity contribution in [3.05, 3.63) is 18.5 Å². The molecule has 3 rings (SSSR count). The first-order valence-electron chi connectivity index (χ1n) is 8.78. The second kappa shape index (κ2) is 7.77. The number of rotatable bonds is 4. The lowest BCUT2D eigenvalue weighted by atomic mass is 9.85. The van der Waals surface area contributed by atoms with E-state index in [1.807, 2.05) is 4.90 Å². The van der Waals surface area contributed by atoms with Gasteiger partial charge in [0, 0.05) is 38.6 Å². The van der Waals surface area contributed by atoms with Gasteiger partial charge in [0.1, 0.15) is 0 Å². The zero-order chi connectivity index (χ0) is 17.7. The van der Waals surface area contributed by atoms with E-state index in [0.29, 0.717) is 45.0 Å². The molecular weight excluding hydrogens is 324 g/mol. The third-order valence-corrected chi connectivity index (χ3v) is 4.85. The fraction of sp³-hybridized carbons (Fsp3) is 0.647. The molecule has 0 spiro atoms. The first kappa shape index (κ1) is 17.6. The van der Waals surface area contributed by atoms with Crippen LogP contribution < -0.4 is 4.90 Å². The number of piperazine rings is 1. The van der Waals surface area contributed by atoms with Gasteiger partial charge in [-0.2, -0.15) is 0 Å². The van der Waals surface area contributed by atoms with Gasteiger partial charge in [0.15, 0.2) is 12.2 Å². The summed E-state index contributed by atoms with van der Waals surface area (Å²) in [5, 5.41) is 10.3. The van der Waals surface area contributed by atoms with Crippen molar-refractivity contribution in [2.24, 2.45) is 0 Å². The first-order valence-corrected chi connectivity index (χ1v) is 8.78. The average Bonchev–Trinajstić information content (AvgIpc) is 2.67. The average molecular weight is 348 g/mol. The van der Waals surface area contributed by atoms with Gasteiger partial charge in [0.05, 0.1) is 0 Å². The Labute approximate surface area is 146 Å². The maximum atomic E-state index is 12.3. The number of aromatic nitrogens is 2. The molecule has 8 nitrogen and oxygen atoms in total. The minimum absolute atomic E-state index is 0.235. The summed E-state index contributed by atoms with van der Waals surface area (Å²) in [6.45, 7) is 2.00. The van der Waals surface area contributed by atoms with Crippen LogP contribution in [-0.2, 0) is 14.3 Å². The molecular formula is C17H24N4O4. The number of anilines is 1. The molecule has 0 aromatic carbocycles. The Morgan fingerprint density at radius 3 is 2.36 bits per heavy atom. The number of nitrogens with zero attached hydrogens (tertiary/aromatic N) is 4. The number of carbonyl (C=O) groups excluding carboxylic acids is 2. The highest BCUT2D eigenvalue weighted by Crippen LogP contribution is 2.29. The van der Waals surface area contributed by atoms with E-state index in [1.165, 1.54) is 0 Å². The van der Waals surface area contributed by atoms with Crippen LogP contribution in [0, 0.1) is 0 Å². The molecule has 0 radical (unpaired) electrons. The number of amides is 1. The lowest BCUT2D eigenvalue weighted by Crippen LogP contribution is -2.51. The maximum absolute atomic E-state index is 12.3. The molecule has 1 aromatic rings. The molecule has 2 aliphatic rings. The number of esters is 1. The third-order valence-electron chi connectivity index (χ3n) is 4.85. The van der Waals surface area contributed by atoms with Gasteiger partial charge < -0.3 is 19.6 Å². The van der Waals surface area contributed by atoms with Crippen molar-refractivity contribution >= 4 is 17.8 Å². The smallest absolute Gasteiger partial charge is 0.338 e. The van der Waals surface area contributed by atoms with Gasteiger partial charge in [-0.15, -0.1) is 0 Å². The predicted molar refractivity (Wildman–Crippen MR) is 89.8 cm³/mol. The minimum Gasteiger partial charge on any atom is -0.453 e. The number of aliphatic hydroxyl groups is 1. The monoisotopic (exact) mass is 348 g/mol. The van der Waals surface area contributed by atoms with Gasteiger partial charge in [-0.25, -0.2) is 14.8 Å². The van der Waals surface area contributed by atoms with Crippen LogP contribution in [0.5, 0.6) is 0 Å². The molecule has 8 heteroatoms. The molecule has 0 atom stereocenters. The van der Waals surface area contributed by atoms with Crippen molar-refractivity contribution in [1.82, 2.24) is 14.9 Å². The van der Waals surface area contributed by atoms with Gasteiger partial charge in [-0.05, 0) is 31.7 Å². The second-order valence-electron chi connectivity index (χ2n) is 6.59. The Kier molecular flexibility index (Phi) is 5.47. The number of ether oxygens (including phenoxy) is 1. The van der Waals surface area contributed by atoms with Gasteiger partial charge in [0.25, 0.3) is 5.91 Å². The Morgan fingerprint density at radius 2 is 1.72 bits per heavy atom. The van der Waals surface area contributed by atoms with E-state index < -0.39 is 11.6 Å². The van der Waals surface area contributed by atoms with Crippen LogP contribution >= 0.6 is 0 Å². The molecule has 1 saturated heterocycles. The van der Waals surface area contributed by atoms with Crippen molar-refractivity contribution in [1.29, 1.82) is 0 Å². The minimum atomic E-state index is -1.41. The zero-order valence-corrected chi connectivity index (χ0v) is 14.3. The van der Waals surface area contributed by atoms with E-state index in [4.69, 9.17) is 4.74 Å². The van der Waals surface area contributed by atoms with Gasteiger partial charge in [-0.1, -0.05) is 6.42 Å². The molecule has 2 fully saturated rings. The van der Waals surface area contributed by atoms with Crippen molar-refractivity contribution in [3.63, 3.8) is 0 Å². The molecule has 1 amide bonds. The summed E-state index contributed by atoms with van der Waals surface area (Å²) in [7, 11) is 0. The Bertz CT molecular complexity index is 596. The van der Waals surface area contributed by atoms with Crippen LogP contribution in [-0.4, -0.2) is 70.2 Å². The van der Waals surface area contributed by atoms with E-state index in [1.54, 1.807) is 23.4 Å². The van der Waals surface area contributed by atoms with Crippen LogP contribution in [0.15, 0.2) is 18.5 Å². The molecule has 1 aromatic heterocycles. The normalized spacial score (nSPS) is 20.2. The molecule has 136 valence electrons. The summed E-state index contributed by atoms with van der Waals surface area (Å²) in [4.78, 5) is 36.4. The van der Waals surface area contributed by atoms with Gasteiger partial charge in [-0.3, -0.25) is 4.79 Å². The topological polar surface area (TPSA) is 95.9 Å². The van der Waals surface area contributed by atoms with E-state index in [2.05, 4.69) is 9.97 Å². The van der Waals surface area contributed by atoms with Crippen LogP contribution in [0.25, 0.3) is 0 Å². The molecule has 1 saturated carbocycles. The maximum Gasteiger partial charge on any atom is 0.338 e. The summed E-state index contributed by atoms with van der Waals surface area (Å²) in [5.74, 6) is -0.251. The van der Waals surface area contributed by atoms with E-state index in [9.17, 15) is 14.7 Å². The highest BCUT2D eigenvalue weighted by atomic mass is 16.6. The summed E-state index contributed by atoms with van der Waals surface area (Å²) >= 11 is 0. The Hall–Kier alpha value is -2.22. The number of hydrogen-bond donors (Lipinski definition) is 1. The molecule has 0 bridgehead atoms. The molecule has 0 unspecified atom stereocenters. The summed E-state index contributed by atoms with van der Waals surface area (Å²) in [5.41, 5.74) is -1.41. The Morgan fingerprint density at radius 1 is 1.08 bits per heavy atom. The van der Waals surface area contributed by atoms with Crippen molar-refractivity contribution in [2.45, 2.75) is 37.7 Å². The lowest BCUT2D eigenvalue weighted by molar-refractivity contribution is -0.172. The van der Waals surface area contributed by atoms with Crippen LogP contribution in [0.1, 0.15) is 32.1 Å². The molecule has 1 aliphatic heterocycles. The fourth-order valence-corrected chi connectivity index (χ4v) is 3.30. The quantitative estimate of drug-likeness (QED) is 0.785. The van der Waals surface area contributed by atoms with Crippen LogP contribution in [0.2, 0.25) is 0 Å². The van der Waals surface area contributed by atoms with E-state index in [-0.39, 0.29) is 12.5 Å². The third kappa shape index (κ3) is 4.25. The molecule has 1 N–H and O–H groups in total. The van der Waals surface area contributed by atoms with E-state index in [0.717, 1.165) is 19.3 Å². The highest BCUT2D eigenvalue weighted by Gasteiger charge is 2.39. The fourth-order valence-electron chi connectivity index (χ4n) is 3.30. The highest BCUT2D eigenvalue weighted by molar-refractivity contribution is 5.84. The Balaban J connectivity index is 1.44. The summed E-state index contributed by atoms with van der Waals surface area (Å²) < 4.78 is 5.09. The summed E-state index contributed by atoms with van der Waals surface area (Å²) in [6, 6.07) is 1.76. The molecule has 25 heavy (non-hydrogen) atoms. The molecule has 2 heterocycles. The van der Waals surface area contributed by atoms with Gasteiger partial charge in [0.2, 0.25) is 5.95 Å². The largest absolute Gasteiger partial charge is 0.453 e. The lowest BCUT2D eigenvalue weighted by Gasteiger charge is -2.35. The summed E-state index contributed by atoms with van der Waals surface area (Å²) in [6.07, 6.45) is 6.84. The van der Waals surface area contributed by atoms with Crippen molar-refractivity contribution < 1.29 is 19.4 Å². The van der Waals surface area contributed by atoms with Crippen LogP contribution in [0.3, 0.4) is 0 Å². The number of hydrogen-bond acceptors (Lipinski definition) is 7. The predicted octanol–water partition coefficient (Wildman–Crippen LogP) is 0.364. The number of carbonyl (C=O) groups is 2. The van der Waals surface area contributed by atoms with Gasteiger partial charge >= 0.3 is 5.97 Å². The molecule has 1 aliphatic carbocycles. The van der Waals surface area contributed by atoms with E-state index >= 15 is 0 Å². The second-order valence-corrected chi connectivity index (χ2v) is 6.59.